The van der Waals surface area contributed by atoms with Gasteiger partial charge in [-0.2, -0.15) is 0 Å². The van der Waals surface area contributed by atoms with Gasteiger partial charge in [0.2, 0.25) is 0 Å². The normalized spacial score (nSPS) is 11.9. The van der Waals surface area contributed by atoms with Gasteiger partial charge in [-0.25, -0.2) is 13.2 Å². The maximum atomic E-state index is 13.1. The number of carboxylic acid groups (broad SMARTS) is 1. The van der Waals surface area contributed by atoms with E-state index in [0.29, 0.717) is 24.4 Å². The molecule has 3 aromatic rings. The van der Waals surface area contributed by atoms with E-state index in [1.807, 2.05) is 6.92 Å². The molecule has 2 heterocycles. The molecule has 0 aliphatic carbocycles. The summed E-state index contributed by atoms with van der Waals surface area (Å²) in [5.74, 6) is -1.40. The first-order chi connectivity index (χ1) is 18.0. The van der Waals surface area contributed by atoms with Crippen LogP contribution >= 0.6 is 11.3 Å². The van der Waals surface area contributed by atoms with Crippen LogP contribution in [0.15, 0.2) is 50.1 Å². The van der Waals surface area contributed by atoms with Gasteiger partial charge in [-0.05, 0) is 56.3 Å². The monoisotopic (exact) mass is 563 g/mol. The molecule has 204 valence electrons. The number of anilines is 2. The molecule has 0 unspecified atom stereocenters. The number of benzene rings is 1. The predicted molar refractivity (Wildman–Crippen MR) is 144 cm³/mol. The van der Waals surface area contributed by atoms with Crippen molar-refractivity contribution in [1.82, 2.24) is 10.5 Å². The number of carbonyl (C=O) groups is 2. The SMILES string of the molecule is Cc1noc(C)c1CNc1cccc(S(=O)(=O)Nc2ccsc2C(=O)N[C@@H](CCCN=C(N)N)C(=O)O)c1. The summed E-state index contributed by atoms with van der Waals surface area (Å²) in [5.41, 5.74) is 12.7. The van der Waals surface area contributed by atoms with E-state index in [4.69, 9.17) is 16.0 Å². The van der Waals surface area contributed by atoms with Crippen LogP contribution in [-0.4, -0.2) is 49.1 Å². The van der Waals surface area contributed by atoms with Crippen molar-refractivity contribution in [3.63, 3.8) is 0 Å². The van der Waals surface area contributed by atoms with Crippen LogP contribution in [0, 0.1) is 13.8 Å². The summed E-state index contributed by atoms with van der Waals surface area (Å²) < 4.78 is 33.8. The van der Waals surface area contributed by atoms with Gasteiger partial charge >= 0.3 is 5.97 Å². The lowest BCUT2D eigenvalue weighted by atomic mass is 10.1. The lowest BCUT2D eigenvalue weighted by Gasteiger charge is -2.15. The van der Waals surface area contributed by atoms with Gasteiger partial charge in [-0.1, -0.05) is 11.2 Å². The second-order valence-electron chi connectivity index (χ2n) is 8.27. The van der Waals surface area contributed by atoms with E-state index >= 15 is 0 Å². The summed E-state index contributed by atoms with van der Waals surface area (Å²) in [7, 11) is -4.07. The number of hydrogen-bond donors (Lipinski definition) is 6. The highest BCUT2D eigenvalue weighted by atomic mass is 32.2. The number of aromatic nitrogens is 1. The minimum atomic E-state index is -4.07. The molecule has 0 aliphatic rings. The molecule has 0 radical (unpaired) electrons. The number of hydrogen-bond acceptors (Lipinski definition) is 9. The van der Waals surface area contributed by atoms with Crippen molar-refractivity contribution in [3.05, 3.63) is 57.6 Å². The molecule has 2 aromatic heterocycles. The number of aliphatic imine (C=N–C) groups is 1. The predicted octanol–water partition coefficient (Wildman–Crippen LogP) is 2.00. The van der Waals surface area contributed by atoms with Gasteiger partial charge in [0.1, 0.15) is 16.7 Å². The first kappa shape index (κ1) is 28.5. The highest BCUT2D eigenvalue weighted by Gasteiger charge is 2.25. The molecule has 0 saturated carbocycles. The Morgan fingerprint density at radius 2 is 2.00 bits per heavy atom. The zero-order valence-corrected chi connectivity index (χ0v) is 22.4. The summed E-state index contributed by atoms with van der Waals surface area (Å²) in [6.07, 6.45) is 0.401. The molecule has 0 fully saturated rings. The molecular formula is C23H29N7O6S2. The number of carboxylic acids is 1. The van der Waals surface area contributed by atoms with Crippen LogP contribution in [0.25, 0.3) is 0 Å². The molecule has 3 rings (SSSR count). The van der Waals surface area contributed by atoms with E-state index < -0.39 is 27.9 Å². The first-order valence-electron chi connectivity index (χ1n) is 11.4. The molecule has 8 N–H and O–H groups in total. The Kier molecular flexibility index (Phi) is 9.30. The Balaban J connectivity index is 1.69. The van der Waals surface area contributed by atoms with Gasteiger partial charge in [-0.3, -0.25) is 14.5 Å². The second-order valence-corrected chi connectivity index (χ2v) is 10.9. The van der Waals surface area contributed by atoms with Crippen LogP contribution < -0.4 is 26.8 Å². The maximum absolute atomic E-state index is 13.1. The molecule has 0 saturated heterocycles. The van der Waals surface area contributed by atoms with Crippen LogP contribution in [-0.2, 0) is 21.4 Å². The fourth-order valence-electron chi connectivity index (χ4n) is 3.47. The number of rotatable bonds is 13. The van der Waals surface area contributed by atoms with Gasteiger partial charge in [0.25, 0.3) is 15.9 Å². The molecule has 1 amide bonds. The number of nitrogens with zero attached hydrogens (tertiary/aromatic N) is 2. The Morgan fingerprint density at radius 3 is 2.66 bits per heavy atom. The maximum Gasteiger partial charge on any atom is 0.326 e. The highest BCUT2D eigenvalue weighted by Crippen LogP contribution is 2.27. The quantitative estimate of drug-likeness (QED) is 0.101. The van der Waals surface area contributed by atoms with Crippen LogP contribution in [0.3, 0.4) is 0 Å². The molecule has 0 bridgehead atoms. The number of nitrogens with one attached hydrogen (secondary N) is 3. The van der Waals surface area contributed by atoms with E-state index in [0.717, 1.165) is 22.6 Å². The number of carbonyl (C=O) groups excluding carboxylic acids is 1. The van der Waals surface area contributed by atoms with Crippen LogP contribution in [0.4, 0.5) is 11.4 Å². The van der Waals surface area contributed by atoms with Crippen molar-refractivity contribution in [1.29, 1.82) is 0 Å². The summed E-state index contributed by atoms with van der Waals surface area (Å²) in [4.78, 5) is 28.2. The second kappa shape index (κ2) is 12.4. The minimum Gasteiger partial charge on any atom is -0.480 e. The standard InChI is InChI=1S/C23H29N7O6S2/c1-13-17(14(2)36-29-13)12-27-15-5-3-6-16(11-15)38(34,35)30-18-8-10-37-20(18)21(31)28-19(22(32)33)7-4-9-26-23(24)25/h3,5-6,8,10-11,19,27,30H,4,7,9,12H2,1-2H3,(H,28,31)(H,32,33)(H4,24,25,26)/t19-/m0/s1. The average Bonchev–Trinajstić information content (AvgIpc) is 3.44. The van der Waals surface area contributed by atoms with E-state index in [9.17, 15) is 23.1 Å². The van der Waals surface area contributed by atoms with Crippen molar-refractivity contribution < 1.29 is 27.6 Å². The first-order valence-corrected chi connectivity index (χ1v) is 13.8. The molecule has 38 heavy (non-hydrogen) atoms. The van der Waals surface area contributed by atoms with Gasteiger partial charge < -0.3 is 31.7 Å². The van der Waals surface area contributed by atoms with Crippen molar-refractivity contribution in [2.75, 3.05) is 16.6 Å². The number of guanidine groups is 1. The van der Waals surface area contributed by atoms with E-state index in [2.05, 4.69) is 25.5 Å². The Morgan fingerprint density at radius 1 is 1.24 bits per heavy atom. The number of sulfonamides is 1. The zero-order valence-electron chi connectivity index (χ0n) is 20.7. The molecule has 1 aromatic carbocycles. The Hall–Kier alpha value is -4.11. The van der Waals surface area contributed by atoms with Gasteiger partial charge in [-0.15, -0.1) is 11.3 Å². The molecule has 0 aliphatic heterocycles. The third-order valence-electron chi connectivity index (χ3n) is 5.46. The smallest absolute Gasteiger partial charge is 0.326 e. The third kappa shape index (κ3) is 7.45. The van der Waals surface area contributed by atoms with Crippen molar-refractivity contribution in [3.8, 4) is 0 Å². The molecule has 13 nitrogen and oxygen atoms in total. The fraction of sp³-hybridized carbons (Fsp3) is 0.304. The average molecular weight is 564 g/mol. The molecule has 0 spiro atoms. The summed E-state index contributed by atoms with van der Waals surface area (Å²) in [6.45, 7) is 4.21. The Bertz CT molecular complexity index is 1410. The van der Waals surface area contributed by atoms with Crippen LogP contribution in [0.1, 0.15) is 39.5 Å². The van der Waals surface area contributed by atoms with Crippen molar-refractivity contribution >= 4 is 50.6 Å². The highest BCUT2D eigenvalue weighted by molar-refractivity contribution is 7.92. The largest absolute Gasteiger partial charge is 0.480 e. The molecule has 1 atom stereocenters. The Labute approximate surface area is 223 Å². The number of thiophene rings is 1. The third-order valence-corrected chi connectivity index (χ3v) is 7.74. The minimum absolute atomic E-state index is 0.0248. The summed E-state index contributed by atoms with van der Waals surface area (Å²) in [6, 6.07) is 6.43. The zero-order chi connectivity index (χ0) is 27.9. The number of amides is 1. The summed E-state index contributed by atoms with van der Waals surface area (Å²) in [5, 5.41) is 20.5. The number of aliphatic carboxylic acids is 1. The lowest BCUT2D eigenvalue weighted by molar-refractivity contribution is -0.139. The van der Waals surface area contributed by atoms with E-state index in [1.165, 1.54) is 23.6 Å². The lowest BCUT2D eigenvalue weighted by Crippen LogP contribution is -2.40. The topological polar surface area (TPSA) is 215 Å². The van der Waals surface area contributed by atoms with Gasteiger partial charge in [0.05, 0.1) is 16.3 Å². The van der Waals surface area contributed by atoms with Crippen LogP contribution in [0.5, 0.6) is 0 Å². The van der Waals surface area contributed by atoms with Gasteiger partial charge in [0, 0.05) is 24.3 Å². The van der Waals surface area contributed by atoms with Crippen molar-refractivity contribution in [2.24, 2.45) is 16.5 Å². The molecular weight excluding hydrogens is 534 g/mol. The van der Waals surface area contributed by atoms with Crippen LogP contribution in [0.2, 0.25) is 0 Å². The number of aryl methyl sites for hydroxylation is 2. The molecule has 15 heteroatoms. The van der Waals surface area contributed by atoms with Crippen molar-refractivity contribution in [2.45, 2.75) is 44.2 Å². The van der Waals surface area contributed by atoms with E-state index in [1.54, 1.807) is 19.1 Å². The summed E-state index contributed by atoms with van der Waals surface area (Å²) >= 11 is 0.978. The fourth-order valence-corrected chi connectivity index (χ4v) is 5.41. The van der Waals surface area contributed by atoms with E-state index in [-0.39, 0.29) is 34.4 Å². The van der Waals surface area contributed by atoms with Gasteiger partial charge in [0.15, 0.2) is 5.96 Å². The number of nitrogens with two attached hydrogens (primary N) is 2.